The molecule has 5 rings (SSSR count). The van der Waals surface area contributed by atoms with E-state index in [1.807, 2.05) is 19.9 Å². The van der Waals surface area contributed by atoms with Gasteiger partial charge < -0.3 is 20.1 Å². The lowest BCUT2D eigenvalue weighted by molar-refractivity contribution is -0.00545. The van der Waals surface area contributed by atoms with Gasteiger partial charge in [-0.15, -0.1) is 0 Å². The average Bonchev–Trinajstić information content (AvgIpc) is 3.49. The Morgan fingerprint density at radius 3 is 2.53 bits per heavy atom. The Bertz CT molecular complexity index is 1170. The van der Waals surface area contributed by atoms with Crippen LogP contribution in [0.5, 0.6) is 0 Å². The molecule has 1 aliphatic heterocycles. The van der Waals surface area contributed by atoms with Gasteiger partial charge in [0.2, 0.25) is 0 Å². The molecule has 10 nitrogen and oxygen atoms in total. The third kappa shape index (κ3) is 5.49. The van der Waals surface area contributed by atoms with Crippen molar-refractivity contribution in [2.24, 2.45) is 0 Å². The number of morpholine rings is 1. The molecule has 1 saturated heterocycles. The number of nitrogens with one attached hydrogen (secondary N) is 1. The van der Waals surface area contributed by atoms with Crippen molar-refractivity contribution in [1.82, 2.24) is 24.4 Å². The zero-order chi connectivity index (χ0) is 25.8. The van der Waals surface area contributed by atoms with Gasteiger partial charge in [0.05, 0.1) is 30.1 Å². The van der Waals surface area contributed by atoms with Crippen LogP contribution in [0.4, 0.5) is 20.3 Å². The maximum atomic E-state index is 13.7. The Morgan fingerprint density at radius 2 is 1.86 bits per heavy atom. The third-order valence-electron chi connectivity index (χ3n) is 6.51. The molecule has 1 amide bonds. The topological polar surface area (TPSA) is 110 Å². The second kappa shape index (κ2) is 11.3. The molecular formula is C24H33F2N7O3. The fraction of sp³-hybridized carbons (Fsp3) is 0.583. The first-order valence-electron chi connectivity index (χ1n) is 12.3. The van der Waals surface area contributed by atoms with E-state index in [0.717, 1.165) is 39.2 Å². The van der Waals surface area contributed by atoms with Crippen LogP contribution >= 0.6 is 0 Å². The first kappa shape index (κ1) is 26.0. The summed E-state index contributed by atoms with van der Waals surface area (Å²) in [6, 6.07) is 1.92. The average molecular weight is 506 g/mol. The molecular weight excluding hydrogens is 472 g/mol. The molecule has 2 atom stereocenters. The maximum Gasteiger partial charge on any atom is 0.284 e. The maximum absolute atomic E-state index is 13.7. The number of nitrogens with zero attached hydrogens (tertiary/aromatic N) is 6. The van der Waals surface area contributed by atoms with Crippen LogP contribution in [-0.4, -0.2) is 67.8 Å². The van der Waals surface area contributed by atoms with E-state index >= 15 is 0 Å². The smallest absolute Gasteiger partial charge is 0.284 e. The first-order valence-corrected chi connectivity index (χ1v) is 12.3. The van der Waals surface area contributed by atoms with Crippen molar-refractivity contribution in [3.8, 4) is 0 Å². The summed E-state index contributed by atoms with van der Waals surface area (Å²) in [6.45, 7) is 5.38. The predicted molar refractivity (Wildman–Crippen MR) is 131 cm³/mol. The molecule has 1 aliphatic carbocycles. The lowest BCUT2D eigenvalue weighted by atomic mass is 9.96. The van der Waals surface area contributed by atoms with Crippen molar-refractivity contribution in [2.75, 3.05) is 30.4 Å². The van der Waals surface area contributed by atoms with E-state index in [2.05, 4.69) is 25.4 Å². The molecule has 0 spiro atoms. The lowest BCUT2D eigenvalue weighted by Crippen LogP contribution is -2.45. The van der Waals surface area contributed by atoms with E-state index in [1.165, 1.54) is 16.9 Å². The van der Waals surface area contributed by atoms with Crippen molar-refractivity contribution in [1.29, 1.82) is 0 Å². The molecule has 0 radical (unpaired) electrons. The normalized spacial score (nSPS) is 20.9. The van der Waals surface area contributed by atoms with Crippen LogP contribution in [-0.2, 0) is 4.74 Å². The molecule has 3 aromatic rings. The zero-order valence-electron chi connectivity index (χ0n) is 20.8. The van der Waals surface area contributed by atoms with E-state index in [9.17, 15) is 13.6 Å². The number of amides is 1. The van der Waals surface area contributed by atoms with Crippen molar-refractivity contribution in [3.63, 3.8) is 0 Å². The van der Waals surface area contributed by atoms with Gasteiger partial charge in [-0.1, -0.05) is 19.3 Å². The SMILES string of the molecule is CC1CN(c2ccn3ncc(C(=O)Nc4cn(C5CCCCC5)nc4C(F)F)c3n2)CC(C)O1.CO. The van der Waals surface area contributed by atoms with Crippen molar-refractivity contribution in [2.45, 2.75) is 70.6 Å². The summed E-state index contributed by atoms with van der Waals surface area (Å²) < 4.78 is 36.3. The highest BCUT2D eigenvalue weighted by atomic mass is 19.3. The summed E-state index contributed by atoms with van der Waals surface area (Å²) in [6.07, 6.45) is 7.04. The quantitative estimate of drug-likeness (QED) is 0.542. The summed E-state index contributed by atoms with van der Waals surface area (Å²) in [4.78, 5) is 19.9. The number of aromatic nitrogens is 5. The van der Waals surface area contributed by atoms with Gasteiger partial charge in [-0.3, -0.25) is 9.48 Å². The van der Waals surface area contributed by atoms with Crippen LogP contribution < -0.4 is 10.2 Å². The number of aliphatic hydroxyl groups is 1. The van der Waals surface area contributed by atoms with Gasteiger partial charge in [0.25, 0.3) is 12.3 Å². The summed E-state index contributed by atoms with van der Waals surface area (Å²) in [5.74, 6) is 0.163. The number of fused-ring (bicyclic) bond motifs is 1. The molecule has 12 heteroatoms. The van der Waals surface area contributed by atoms with E-state index in [0.29, 0.717) is 24.6 Å². The Morgan fingerprint density at radius 1 is 1.17 bits per heavy atom. The van der Waals surface area contributed by atoms with Crippen LogP contribution in [0.15, 0.2) is 24.7 Å². The third-order valence-corrected chi connectivity index (χ3v) is 6.51. The molecule has 0 bridgehead atoms. The molecule has 2 fully saturated rings. The van der Waals surface area contributed by atoms with Crippen molar-refractivity contribution < 1.29 is 23.4 Å². The minimum Gasteiger partial charge on any atom is -0.400 e. The van der Waals surface area contributed by atoms with E-state index in [4.69, 9.17) is 9.84 Å². The summed E-state index contributed by atoms with van der Waals surface area (Å²) in [5.41, 5.74) is 0.180. The Labute approximate surface area is 208 Å². The van der Waals surface area contributed by atoms with Gasteiger partial charge in [-0.2, -0.15) is 10.2 Å². The van der Waals surface area contributed by atoms with E-state index < -0.39 is 18.0 Å². The molecule has 3 aromatic heterocycles. The minimum atomic E-state index is -2.79. The summed E-state index contributed by atoms with van der Waals surface area (Å²) in [5, 5.41) is 18.0. The van der Waals surface area contributed by atoms with Crippen LogP contribution in [0, 0.1) is 0 Å². The highest BCUT2D eigenvalue weighted by Crippen LogP contribution is 2.32. The largest absolute Gasteiger partial charge is 0.400 e. The number of ether oxygens (including phenoxy) is 1. The fourth-order valence-electron chi connectivity index (χ4n) is 4.95. The number of rotatable bonds is 5. The molecule has 0 aromatic carbocycles. The zero-order valence-corrected chi connectivity index (χ0v) is 20.8. The Hall–Kier alpha value is -3.12. The summed E-state index contributed by atoms with van der Waals surface area (Å²) in [7, 11) is 1.00. The number of hydrogen-bond donors (Lipinski definition) is 2. The van der Waals surface area contributed by atoms with Crippen LogP contribution in [0.25, 0.3) is 5.65 Å². The Kier molecular flexibility index (Phi) is 8.14. The van der Waals surface area contributed by atoms with Gasteiger partial charge in [0, 0.05) is 32.6 Å². The number of alkyl halides is 2. The number of anilines is 2. The Balaban J connectivity index is 0.00000148. The number of carbonyl (C=O) groups is 1. The van der Waals surface area contributed by atoms with Crippen LogP contribution in [0.1, 0.15) is 74.5 Å². The number of carbonyl (C=O) groups excluding carboxylic acids is 1. The molecule has 2 N–H and O–H groups in total. The van der Waals surface area contributed by atoms with Gasteiger partial charge in [-0.25, -0.2) is 18.3 Å². The van der Waals surface area contributed by atoms with Crippen LogP contribution in [0.3, 0.4) is 0 Å². The molecule has 196 valence electrons. The van der Waals surface area contributed by atoms with Crippen molar-refractivity contribution >= 4 is 23.1 Å². The predicted octanol–water partition coefficient (Wildman–Crippen LogP) is 3.84. The molecule has 2 unspecified atom stereocenters. The number of aliphatic hydroxyl groups excluding tert-OH is 1. The molecule has 1 saturated carbocycles. The molecule has 36 heavy (non-hydrogen) atoms. The van der Waals surface area contributed by atoms with Gasteiger partial charge in [-0.05, 0) is 32.8 Å². The van der Waals surface area contributed by atoms with Gasteiger partial charge in [0.15, 0.2) is 11.3 Å². The van der Waals surface area contributed by atoms with Crippen molar-refractivity contribution in [3.05, 3.63) is 35.9 Å². The van der Waals surface area contributed by atoms with Gasteiger partial charge >= 0.3 is 0 Å². The highest BCUT2D eigenvalue weighted by Gasteiger charge is 2.27. The standard InChI is InChI=1S/C23H29F2N7O2.CH4O/c1-14-11-30(12-15(2)34-14)19-8-9-31-22(28-19)17(10-26-31)23(33)27-18-13-32(29-20(18)21(24)25)16-6-4-3-5-7-16;1-2/h8-10,13-16,21H,3-7,11-12H2,1-2H3,(H,27,33);2H,1H3. The second-order valence-corrected chi connectivity index (χ2v) is 9.23. The number of hydrogen-bond acceptors (Lipinski definition) is 7. The fourth-order valence-corrected chi connectivity index (χ4v) is 4.95. The second-order valence-electron chi connectivity index (χ2n) is 9.23. The lowest BCUT2D eigenvalue weighted by Gasteiger charge is -2.36. The number of halogens is 2. The minimum absolute atomic E-state index is 0.0249. The molecule has 4 heterocycles. The monoisotopic (exact) mass is 505 g/mol. The first-order chi connectivity index (χ1) is 17.4. The summed E-state index contributed by atoms with van der Waals surface area (Å²) >= 11 is 0. The van der Waals surface area contributed by atoms with Crippen LogP contribution in [0.2, 0.25) is 0 Å². The van der Waals surface area contributed by atoms with Gasteiger partial charge in [0.1, 0.15) is 11.4 Å². The van der Waals surface area contributed by atoms with E-state index in [-0.39, 0.29) is 29.5 Å². The molecule has 2 aliphatic rings. The highest BCUT2D eigenvalue weighted by molar-refractivity contribution is 6.08. The van der Waals surface area contributed by atoms with E-state index in [1.54, 1.807) is 10.9 Å².